The van der Waals surface area contributed by atoms with Crippen LogP contribution < -0.4 is 0 Å². The van der Waals surface area contributed by atoms with Crippen LogP contribution in [0.4, 0.5) is 0 Å². The van der Waals surface area contributed by atoms with Crippen molar-refractivity contribution in [3.63, 3.8) is 0 Å². The van der Waals surface area contributed by atoms with Crippen LogP contribution in [0, 0.1) is 11.8 Å². The number of rotatable bonds is 2. The summed E-state index contributed by atoms with van der Waals surface area (Å²) >= 11 is 0. The molecule has 0 N–H and O–H groups in total. The molecule has 1 fully saturated rings. The van der Waals surface area contributed by atoms with E-state index in [2.05, 4.69) is 6.92 Å². The molecule has 0 spiro atoms. The van der Waals surface area contributed by atoms with Crippen LogP contribution >= 0.6 is 0 Å². The Morgan fingerprint density at radius 3 is 2.50 bits per heavy atom. The van der Waals surface area contributed by atoms with Gasteiger partial charge in [0.05, 0.1) is 0 Å². The molecule has 2 atom stereocenters. The molecule has 1 aliphatic carbocycles. The van der Waals surface area contributed by atoms with Gasteiger partial charge in [0.15, 0.2) is 0 Å². The van der Waals surface area contributed by atoms with Gasteiger partial charge in [-0.2, -0.15) is 0 Å². The van der Waals surface area contributed by atoms with Crippen molar-refractivity contribution in [1.82, 2.24) is 0 Å². The van der Waals surface area contributed by atoms with Crippen molar-refractivity contribution < 1.29 is 4.79 Å². The van der Waals surface area contributed by atoms with Gasteiger partial charge in [-0.05, 0) is 19.3 Å². The molecule has 0 heterocycles. The summed E-state index contributed by atoms with van der Waals surface area (Å²) in [5, 5.41) is 0. The fraction of sp³-hybridized carbons (Fsp3) is 0.857. The first-order valence-electron chi connectivity index (χ1n) is 3.26. The zero-order valence-corrected chi connectivity index (χ0v) is 5.48. The second-order valence-corrected chi connectivity index (χ2v) is 2.62. The summed E-state index contributed by atoms with van der Waals surface area (Å²) in [4.78, 5) is 10.6. The van der Waals surface area contributed by atoms with Gasteiger partial charge in [-0.1, -0.05) is 13.3 Å². The van der Waals surface area contributed by atoms with Gasteiger partial charge in [0.25, 0.3) is 0 Å². The minimum Gasteiger partial charge on any atom is -0.300 e. The number of Topliss-reactive ketones (excluding diaryl/α,β-unsaturated/α-hetero) is 1. The van der Waals surface area contributed by atoms with Crippen LogP contribution in [0.15, 0.2) is 0 Å². The lowest BCUT2D eigenvalue weighted by atomic mass is 10.2. The topological polar surface area (TPSA) is 17.1 Å². The van der Waals surface area contributed by atoms with Crippen molar-refractivity contribution in [3.05, 3.63) is 0 Å². The van der Waals surface area contributed by atoms with Gasteiger partial charge in [0.1, 0.15) is 5.78 Å². The molecule has 1 rings (SSSR count). The lowest BCUT2D eigenvalue weighted by Gasteiger charge is -1.85. The van der Waals surface area contributed by atoms with Crippen LogP contribution in [0.2, 0.25) is 0 Å². The summed E-state index contributed by atoms with van der Waals surface area (Å²) in [6.45, 7) is 3.84. The molecule has 46 valence electrons. The summed E-state index contributed by atoms with van der Waals surface area (Å²) in [7, 11) is 0. The van der Waals surface area contributed by atoms with Crippen molar-refractivity contribution in [2.45, 2.75) is 26.7 Å². The maximum absolute atomic E-state index is 10.6. The average Bonchev–Trinajstić information content (AvgIpc) is 2.42. The van der Waals surface area contributed by atoms with Gasteiger partial charge in [0.2, 0.25) is 0 Å². The third-order valence-electron chi connectivity index (χ3n) is 1.97. The molecule has 0 aromatic carbocycles. The quantitative estimate of drug-likeness (QED) is 0.530. The van der Waals surface area contributed by atoms with Gasteiger partial charge < -0.3 is 0 Å². The van der Waals surface area contributed by atoms with E-state index in [0.29, 0.717) is 11.7 Å². The van der Waals surface area contributed by atoms with E-state index in [4.69, 9.17) is 0 Å². The molecule has 1 aliphatic rings. The van der Waals surface area contributed by atoms with E-state index in [9.17, 15) is 4.79 Å². The summed E-state index contributed by atoms with van der Waals surface area (Å²) in [6.07, 6.45) is 2.34. The first-order valence-corrected chi connectivity index (χ1v) is 3.26. The van der Waals surface area contributed by atoms with E-state index in [1.807, 2.05) is 0 Å². The minimum absolute atomic E-state index is 0.386. The van der Waals surface area contributed by atoms with E-state index in [1.165, 1.54) is 6.42 Å². The Kier molecular flexibility index (Phi) is 1.37. The highest BCUT2D eigenvalue weighted by Crippen LogP contribution is 2.41. The Morgan fingerprint density at radius 1 is 1.75 bits per heavy atom. The van der Waals surface area contributed by atoms with E-state index in [-0.39, 0.29) is 0 Å². The Morgan fingerprint density at radius 2 is 2.38 bits per heavy atom. The van der Waals surface area contributed by atoms with E-state index in [0.717, 1.165) is 12.3 Å². The third-order valence-corrected chi connectivity index (χ3v) is 1.97. The largest absolute Gasteiger partial charge is 0.300 e. The first-order chi connectivity index (χ1) is 3.75. The Bertz CT molecular complexity index is 107. The Hall–Kier alpha value is -0.330. The number of hydrogen-bond donors (Lipinski definition) is 0. The Labute approximate surface area is 50.1 Å². The molecule has 0 bridgehead atoms. The SMILES string of the molecule is CC[C@@H]1C[C@H]1C(C)=O. The zero-order valence-electron chi connectivity index (χ0n) is 5.48. The second-order valence-electron chi connectivity index (χ2n) is 2.62. The molecule has 0 amide bonds. The fourth-order valence-electron chi connectivity index (χ4n) is 1.20. The first kappa shape index (κ1) is 5.80. The predicted molar refractivity (Wildman–Crippen MR) is 32.6 cm³/mol. The van der Waals surface area contributed by atoms with Gasteiger partial charge in [0, 0.05) is 5.92 Å². The second kappa shape index (κ2) is 1.88. The molecule has 0 aromatic heterocycles. The molecule has 1 nitrogen and oxygen atoms in total. The van der Waals surface area contributed by atoms with Gasteiger partial charge in [-0.15, -0.1) is 0 Å². The maximum atomic E-state index is 10.6. The molecule has 1 saturated carbocycles. The summed E-state index contributed by atoms with van der Waals surface area (Å²) in [6, 6.07) is 0. The Balaban J connectivity index is 2.26. The lowest BCUT2D eigenvalue weighted by molar-refractivity contribution is -0.118. The number of hydrogen-bond acceptors (Lipinski definition) is 1. The van der Waals surface area contributed by atoms with Gasteiger partial charge in [-0.3, -0.25) is 4.79 Å². The number of carbonyl (C=O) groups excluding carboxylic acids is 1. The smallest absolute Gasteiger partial charge is 0.133 e. The van der Waals surface area contributed by atoms with Gasteiger partial charge in [-0.25, -0.2) is 0 Å². The highest BCUT2D eigenvalue weighted by Gasteiger charge is 2.38. The molecule has 0 aromatic rings. The van der Waals surface area contributed by atoms with Gasteiger partial charge >= 0.3 is 0 Å². The van der Waals surface area contributed by atoms with Crippen LogP contribution in [-0.2, 0) is 4.79 Å². The summed E-state index contributed by atoms with van der Waals surface area (Å²) < 4.78 is 0. The van der Waals surface area contributed by atoms with Crippen molar-refractivity contribution in [2.75, 3.05) is 0 Å². The van der Waals surface area contributed by atoms with Crippen LogP contribution in [0.5, 0.6) is 0 Å². The fourth-order valence-corrected chi connectivity index (χ4v) is 1.20. The molecule has 0 aliphatic heterocycles. The molecule has 0 radical (unpaired) electrons. The lowest BCUT2D eigenvalue weighted by Crippen LogP contribution is -1.93. The highest BCUT2D eigenvalue weighted by atomic mass is 16.1. The highest BCUT2D eigenvalue weighted by molar-refractivity contribution is 5.81. The minimum atomic E-state index is 0.386. The molecule has 8 heavy (non-hydrogen) atoms. The summed E-state index contributed by atoms with van der Waals surface area (Å²) in [5.74, 6) is 1.57. The zero-order chi connectivity index (χ0) is 6.15. The van der Waals surface area contributed by atoms with Crippen molar-refractivity contribution >= 4 is 5.78 Å². The van der Waals surface area contributed by atoms with Crippen LogP contribution in [-0.4, -0.2) is 5.78 Å². The maximum Gasteiger partial charge on any atom is 0.133 e. The predicted octanol–water partition coefficient (Wildman–Crippen LogP) is 1.62. The third kappa shape index (κ3) is 0.908. The monoisotopic (exact) mass is 112 g/mol. The average molecular weight is 112 g/mol. The van der Waals surface area contributed by atoms with Crippen LogP contribution in [0.3, 0.4) is 0 Å². The molecule has 0 saturated heterocycles. The number of ketones is 1. The van der Waals surface area contributed by atoms with E-state index < -0.39 is 0 Å². The molecular weight excluding hydrogens is 100 g/mol. The van der Waals surface area contributed by atoms with E-state index >= 15 is 0 Å². The van der Waals surface area contributed by atoms with Crippen molar-refractivity contribution in [1.29, 1.82) is 0 Å². The van der Waals surface area contributed by atoms with Crippen LogP contribution in [0.1, 0.15) is 26.7 Å². The van der Waals surface area contributed by atoms with Crippen LogP contribution in [0.25, 0.3) is 0 Å². The standard InChI is InChI=1S/C7H12O/c1-3-6-4-7(6)5(2)8/h6-7H,3-4H2,1-2H3/t6-,7+/m1/s1. The summed E-state index contributed by atoms with van der Waals surface area (Å²) in [5.41, 5.74) is 0. The van der Waals surface area contributed by atoms with Crippen molar-refractivity contribution in [2.24, 2.45) is 11.8 Å². The molecular formula is C7H12O. The van der Waals surface area contributed by atoms with E-state index in [1.54, 1.807) is 6.92 Å². The number of carbonyl (C=O) groups is 1. The molecule has 0 unspecified atom stereocenters. The normalized spacial score (nSPS) is 34.8. The molecule has 1 heteroatoms. The van der Waals surface area contributed by atoms with Crippen molar-refractivity contribution in [3.8, 4) is 0 Å².